The minimum atomic E-state index is 0.0175. The van der Waals surface area contributed by atoms with Crippen LogP contribution in [0.3, 0.4) is 0 Å². The molecule has 0 atom stereocenters. The molecule has 4 aromatic rings. The molecule has 25 heavy (non-hydrogen) atoms. The van der Waals surface area contributed by atoms with E-state index in [1.807, 2.05) is 52.7 Å². The fraction of sp³-hybridized carbons (Fsp3) is 0.167. The van der Waals surface area contributed by atoms with E-state index in [9.17, 15) is 5.11 Å². The monoisotopic (exact) mass is 352 g/mol. The summed E-state index contributed by atoms with van der Waals surface area (Å²) in [6.07, 6.45) is 1.59. The first-order chi connectivity index (χ1) is 12.3. The van der Waals surface area contributed by atoms with E-state index in [-0.39, 0.29) is 6.61 Å². The minimum Gasteiger partial charge on any atom is -0.454 e. The normalized spacial score (nSPS) is 11.1. The summed E-state index contributed by atoms with van der Waals surface area (Å²) < 4.78 is 5.86. The van der Waals surface area contributed by atoms with Crippen molar-refractivity contribution in [1.82, 2.24) is 15.2 Å². The predicted octanol–water partition coefficient (Wildman–Crippen LogP) is 3.35. The van der Waals surface area contributed by atoms with Crippen LogP contribution in [0.25, 0.3) is 22.4 Å². The van der Waals surface area contributed by atoms with Gasteiger partial charge in [-0.2, -0.15) is 5.10 Å². The first kappa shape index (κ1) is 15.7. The Labute approximate surface area is 148 Å². The van der Waals surface area contributed by atoms with E-state index in [0.29, 0.717) is 30.5 Å². The number of aliphatic hydroxyl groups excluding tert-OH is 1. The van der Waals surface area contributed by atoms with Gasteiger partial charge in [0.25, 0.3) is 0 Å². The van der Waals surface area contributed by atoms with Crippen LogP contribution < -0.4 is 4.90 Å². The summed E-state index contributed by atoms with van der Waals surface area (Å²) >= 11 is 1.66. The van der Waals surface area contributed by atoms with Crippen molar-refractivity contribution in [2.45, 2.75) is 6.54 Å². The Morgan fingerprint density at radius 3 is 2.88 bits per heavy atom. The highest BCUT2D eigenvalue weighted by Gasteiger charge is 2.14. The Morgan fingerprint density at radius 1 is 1.16 bits per heavy atom. The van der Waals surface area contributed by atoms with Crippen LogP contribution in [0.15, 0.2) is 58.5 Å². The maximum atomic E-state index is 9.38. The molecule has 3 aromatic heterocycles. The van der Waals surface area contributed by atoms with Gasteiger partial charge < -0.3 is 14.4 Å². The van der Waals surface area contributed by atoms with Crippen molar-refractivity contribution in [1.29, 1.82) is 0 Å². The first-order valence-corrected chi connectivity index (χ1v) is 8.78. The molecule has 126 valence electrons. The SMILES string of the molecule is OCCN(Cc1cccs1)c1nncc(-c2cc3ccccc3o2)n1. The summed E-state index contributed by atoms with van der Waals surface area (Å²) in [5.74, 6) is 1.12. The van der Waals surface area contributed by atoms with E-state index in [1.165, 1.54) is 4.88 Å². The Kier molecular flexibility index (Phi) is 4.41. The van der Waals surface area contributed by atoms with Crippen LogP contribution in [0.2, 0.25) is 0 Å². The maximum absolute atomic E-state index is 9.38. The molecule has 0 unspecified atom stereocenters. The molecule has 0 saturated heterocycles. The molecule has 0 saturated carbocycles. The second-order valence-electron chi connectivity index (χ2n) is 5.51. The van der Waals surface area contributed by atoms with Crippen molar-refractivity contribution in [2.24, 2.45) is 0 Å². The average molecular weight is 352 g/mol. The molecular formula is C18H16N4O2S. The number of nitrogens with zero attached hydrogens (tertiary/aromatic N) is 4. The molecule has 0 bridgehead atoms. The summed E-state index contributed by atoms with van der Waals surface area (Å²) in [6.45, 7) is 1.08. The second-order valence-corrected chi connectivity index (χ2v) is 6.55. The Bertz CT molecular complexity index is 935. The third-order valence-corrected chi connectivity index (χ3v) is 4.67. The van der Waals surface area contributed by atoms with Gasteiger partial charge in [0.05, 0.1) is 19.3 Å². The highest BCUT2D eigenvalue weighted by atomic mass is 32.1. The zero-order valence-electron chi connectivity index (χ0n) is 13.4. The number of furan rings is 1. The molecule has 0 radical (unpaired) electrons. The summed E-state index contributed by atoms with van der Waals surface area (Å²) in [7, 11) is 0. The Hall–Kier alpha value is -2.77. The van der Waals surface area contributed by atoms with E-state index in [4.69, 9.17) is 4.42 Å². The van der Waals surface area contributed by atoms with E-state index >= 15 is 0 Å². The van der Waals surface area contributed by atoms with Crippen molar-refractivity contribution in [3.63, 3.8) is 0 Å². The third kappa shape index (κ3) is 3.38. The number of anilines is 1. The quantitative estimate of drug-likeness (QED) is 0.574. The van der Waals surface area contributed by atoms with Crippen molar-refractivity contribution in [3.8, 4) is 11.5 Å². The molecule has 3 heterocycles. The predicted molar refractivity (Wildman–Crippen MR) is 97.5 cm³/mol. The molecule has 0 aliphatic rings. The van der Waals surface area contributed by atoms with Gasteiger partial charge >= 0.3 is 0 Å². The number of thiophene rings is 1. The smallest absolute Gasteiger partial charge is 0.246 e. The van der Waals surface area contributed by atoms with E-state index in [2.05, 4.69) is 15.2 Å². The highest BCUT2D eigenvalue weighted by molar-refractivity contribution is 7.09. The van der Waals surface area contributed by atoms with Crippen molar-refractivity contribution in [2.75, 3.05) is 18.1 Å². The van der Waals surface area contributed by atoms with Crippen LogP contribution in [-0.4, -0.2) is 33.4 Å². The van der Waals surface area contributed by atoms with Crippen LogP contribution in [0, 0.1) is 0 Å². The molecule has 0 aliphatic heterocycles. The summed E-state index contributed by atoms with van der Waals surface area (Å²) in [4.78, 5) is 7.67. The fourth-order valence-corrected chi connectivity index (χ4v) is 3.34. The zero-order valence-corrected chi connectivity index (χ0v) is 14.2. The number of para-hydroxylation sites is 1. The van der Waals surface area contributed by atoms with Gasteiger partial charge in [0.1, 0.15) is 11.3 Å². The van der Waals surface area contributed by atoms with Crippen molar-refractivity contribution >= 4 is 28.3 Å². The van der Waals surface area contributed by atoms with Crippen LogP contribution >= 0.6 is 11.3 Å². The molecule has 7 heteroatoms. The fourth-order valence-electron chi connectivity index (χ4n) is 2.62. The lowest BCUT2D eigenvalue weighted by Gasteiger charge is -2.20. The van der Waals surface area contributed by atoms with Crippen LogP contribution in [0.5, 0.6) is 0 Å². The maximum Gasteiger partial charge on any atom is 0.246 e. The molecule has 0 fully saturated rings. The van der Waals surface area contributed by atoms with Gasteiger partial charge in [0, 0.05) is 16.8 Å². The van der Waals surface area contributed by atoms with Gasteiger partial charge in [-0.05, 0) is 23.6 Å². The number of rotatable bonds is 6. The van der Waals surface area contributed by atoms with Gasteiger partial charge in [0.2, 0.25) is 5.95 Å². The lowest BCUT2D eigenvalue weighted by molar-refractivity contribution is 0.300. The van der Waals surface area contributed by atoms with Gasteiger partial charge in [-0.3, -0.25) is 0 Å². The van der Waals surface area contributed by atoms with E-state index < -0.39 is 0 Å². The number of aliphatic hydroxyl groups is 1. The number of hydrogen-bond donors (Lipinski definition) is 1. The lowest BCUT2D eigenvalue weighted by atomic mass is 10.2. The van der Waals surface area contributed by atoms with Crippen LogP contribution in [-0.2, 0) is 6.54 Å². The Balaban J connectivity index is 1.67. The lowest BCUT2D eigenvalue weighted by Crippen LogP contribution is -2.28. The topological polar surface area (TPSA) is 75.3 Å². The molecule has 1 N–H and O–H groups in total. The van der Waals surface area contributed by atoms with Crippen molar-refractivity contribution < 1.29 is 9.52 Å². The molecule has 1 aromatic carbocycles. The molecular weight excluding hydrogens is 336 g/mol. The summed E-state index contributed by atoms with van der Waals surface area (Å²) in [5.41, 5.74) is 1.43. The van der Waals surface area contributed by atoms with Crippen LogP contribution in [0.1, 0.15) is 4.88 Å². The van der Waals surface area contributed by atoms with Crippen LogP contribution in [0.4, 0.5) is 5.95 Å². The number of hydrogen-bond acceptors (Lipinski definition) is 7. The average Bonchev–Trinajstić information content (AvgIpc) is 3.31. The molecule has 0 spiro atoms. The van der Waals surface area contributed by atoms with Crippen molar-refractivity contribution in [3.05, 3.63) is 58.9 Å². The summed E-state index contributed by atoms with van der Waals surface area (Å²) in [6, 6.07) is 13.8. The van der Waals surface area contributed by atoms with Gasteiger partial charge in [-0.1, -0.05) is 24.3 Å². The molecule has 6 nitrogen and oxygen atoms in total. The number of aromatic nitrogens is 3. The molecule has 0 aliphatic carbocycles. The molecule has 0 amide bonds. The third-order valence-electron chi connectivity index (χ3n) is 3.81. The van der Waals surface area contributed by atoms with Gasteiger partial charge in [0.15, 0.2) is 5.76 Å². The number of benzene rings is 1. The van der Waals surface area contributed by atoms with E-state index in [0.717, 1.165) is 11.0 Å². The summed E-state index contributed by atoms with van der Waals surface area (Å²) in [5, 5.41) is 20.6. The highest BCUT2D eigenvalue weighted by Crippen LogP contribution is 2.27. The van der Waals surface area contributed by atoms with Gasteiger partial charge in [-0.15, -0.1) is 16.4 Å². The minimum absolute atomic E-state index is 0.0175. The number of fused-ring (bicyclic) bond motifs is 1. The molecule has 4 rings (SSSR count). The first-order valence-electron chi connectivity index (χ1n) is 7.90. The largest absolute Gasteiger partial charge is 0.454 e. The standard InChI is InChI=1S/C18H16N4O2S/c23-8-7-22(12-14-5-3-9-25-14)18-20-15(11-19-21-18)17-10-13-4-1-2-6-16(13)24-17/h1-6,9-11,23H,7-8,12H2. The zero-order chi connectivity index (χ0) is 17.1. The second kappa shape index (κ2) is 7.00. The Morgan fingerprint density at radius 2 is 2.08 bits per heavy atom. The van der Waals surface area contributed by atoms with E-state index in [1.54, 1.807) is 17.5 Å². The van der Waals surface area contributed by atoms with Gasteiger partial charge in [-0.25, -0.2) is 4.98 Å².